The van der Waals surface area contributed by atoms with Crippen LogP contribution in [-0.2, 0) is 6.54 Å². The van der Waals surface area contributed by atoms with Crippen LogP contribution in [0.25, 0.3) is 0 Å². The summed E-state index contributed by atoms with van der Waals surface area (Å²) in [7, 11) is 0. The number of carbonyl (C=O) groups is 1. The molecule has 0 saturated carbocycles. The third kappa shape index (κ3) is 1.66. The highest BCUT2D eigenvalue weighted by Crippen LogP contribution is 2.09. The average molecular weight is 192 g/mol. The standard InChI is InChI=1S/C9H8N2O3/c12-9(13)7-3-8(14-5-7)4-11-2-1-10-6-11/h1-3,5-6H,4H2,(H,12,13). The molecule has 2 heterocycles. The summed E-state index contributed by atoms with van der Waals surface area (Å²) in [6.45, 7) is 0.493. The minimum atomic E-state index is -0.981. The predicted molar refractivity (Wildman–Crippen MR) is 47.0 cm³/mol. The van der Waals surface area contributed by atoms with Gasteiger partial charge in [-0.3, -0.25) is 0 Å². The van der Waals surface area contributed by atoms with E-state index in [1.165, 1.54) is 12.3 Å². The minimum absolute atomic E-state index is 0.167. The lowest BCUT2D eigenvalue weighted by atomic mass is 10.3. The molecule has 0 aromatic carbocycles. The molecule has 0 unspecified atom stereocenters. The van der Waals surface area contributed by atoms with Crippen molar-refractivity contribution in [3.63, 3.8) is 0 Å². The van der Waals surface area contributed by atoms with E-state index >= 15 is 0 Å². The molecule has 0 aliphatic carbocycles. The monoisotopic (exact) mass is 192 g/mol. The van der Waals surface area contributed by atoms with E-state index in [9.17, 15) is 4.79 Å². The Morgan fingerprint density at radius 3 is 3.07 bits per heavy atom. The lowest BCUT2D eigenvalue weighted by molar-refractivity contribution is 0.0696. The Bertz CT molecular complexity index is 431. The molecule has 2 aromatic heterocycles. The van der Waals surface area contributed by atoms with Gasteiger partial charge in [0.25, 0.3) is 0 Å². The summed E-state index contributed by atoms with van der Waals surface area (Å²) >= 11 is 0. The zero-order chi connectivity index (χ0) is 9.97. The molecule has 0 fully saturated rings. The molecule has 0 atom stereocenters. The second-order valence-electron chi connectivity index (χ2n) is 2.84. The Balaban J connectivity index is 2.14. The van der Waals surface area contributed by atoms with Gasteiger partial charge >= 0.3 is 5.97 Å². The van der Waals surface area contributed by atoms with Gasteiger partial charge in [-0.1, -0.05) is 0 Å². The molecule has 0 spiro atoms. The molecule has 5 heteroatoms. The first kappa shape index (κ1) is 8.55. The van der Waals surface area contributed by atoms with E-state index in [0.717, 1.165) is 0 Å². The van der Waals surface area contributed by atoms with Crippen LogP contribution in [0.4, 0.5) is 0 Å². The molecule has 1 N–H and O–H groups in total. The summed E-state index contributed by atoms with van der Waals surface area (Å²) in [5, 5.41) is 8.65. The maximum Gasteiger partial charge on any atom is 0.338 e. The Morgan fingerprint density at radius 1 is 1.64 bits per heavy atom. The quantitative estimate of drug-likeness (QED) is 0.793. The van der Waals surface area contributed by atoms with Gasteiger partial charge in [-0.15, -0.1) is 0 Å². The fourth-order valence-electron chi connectivity index (χ4n) is 1.14. The van der Waals surface area contributed by atoms with Gasteiger partial charge in [0.05, 0.1) is 18.4 Å². The average Bonchev–Trinajstić information content (AvgIpc) is 2.75. The third-order valence-corrected chi connectivity index (χ3v) is 1.80. The lowest BCUT2D eigenvalue weighted by Crippen LogP contribution is -1.95. The summed E-state index contributed by atoms with van der Waals surface area (Å²) < 4.78 is 6.87. The molecular weight excluding hydrogens is 184 g/mol. The van der Waals surface area contributed by atoms with Crippen LogP contribution < -0.4 is 0 Å². The van der Waals surface area contributed by atoms with E-state index in [1.54, 1.807) is 23.3 Å². The highest BCUT2D eigenvalue weighted by molar-refractivity contribution is 5.87. The Kier molecular flexibility index (Phi) is 2.06. The Hall–Kier alpha value is -2.04. The third-order valence-electron chi connectivity index (χ3n) is 1.80. The molecule has 0 aliphatic rings. The zero-order valence-corrected chi connectivity index (χ0v) is 7.25. The summed E-state index contributed by atoms with van der Waals surface area (Å²) in [5.41, 5.74) is 0.167. The van der Waals surface area contributed by atoms with Gasteiger partial charge in [0.15, 0.2) is 0 Å². The van der Waals surface area contributed by atoms with E-state index in [1.807, 2.05) is 0 Å². The highest BCUT2D eigenvalue weighted by Gasteiger charge is 2.07. The van der Waals surface area contributed by atoms with E-state index < -0.39 is 5.97 Å². The number of nitrogens with zero attached hydrogens (tertiary/aromatic N) is 2. The van der Waals surface area contributed by atoms with Gasteiger partial charge in [-0.2, -0.15) is 0 Å². The maximum atomic E-state index is 10.5. The number of rotatable bonds is 3. The number of hydrogen-bond acceptors (Lipinski definition) is 3. The maximum absolute atomic E-state index is 10.5. The van der Waals surface area contributed by atoms with Crippen LogP contribution in [0.15, 0.2) is 35.5 Å². The Morgan fingerprint density at radius 2 is 2.50 bits per heavy atom. The fraction of sp³-hybridized carbons (Fsp3) is 0.111. The molecule has 5 nitrogen and oxygen atoms in total. The normalized spacial score (nSPS) is 10.3. The first-order valence-electron chi connectivity index (χ1n) is 4.02. The SMILES string of the molecule is O=C(O)c1coc(Cn2ccnc2)c1. The molecule has 0 amide bonds. The number of aromatic carboxylic acids is 1. The van der Waals surface area contributed by atoms with Crippen molar-refractivity contribution < 1.29 is 14.3 Å². The summed E-state index contributed by atoms with van der Waals surface area (Å²) in [4.78, 5) is 14.4. The van der Waals surface area contributed by atoms with Crippen LogP contribution in [0, 0.1) is 0 Å². The zero-order valence-electron chi connectivity index (χ0n) is 7.25. The van der Waals surface area contributed by atoms with Crippen LogP contribution in [0.5, 0.6) is 0 Å². The van der Waals surface area contributed by atoms with Crippen molar-refractivity contribution in [2.45, 2.75) is 6.54 Å². The number of furan rings is 1. The largest absolute Gasteiger partial charge is 0.478 e. The van der Waals surface area contributed by atoms with Crippen LogP contribution in [0.2, 0.25) is 0 Å². The predicted octanol–water partition coefficient (Wildman–Crippen LogP) is 1.22. The molecule has 0 aliphatic heterocycles. The van der Waals surface area contributed by atoms with Gasteiger partial charge in [-0.05, 0) is 6.07 Å². The van der Waals surface area contributed by atoms with Crippen LogP contribution in [0.1, 0.15) is 16.1 Å². The highest BCUT2D eigenvalue weighted by atomic mass is 16.4. The van der Waals surface area contributed by atoms with Gasteiger partial charge < -0.3 is 14.1 Å². The second-order valence-corrected chi connectivity index (χ2v) is 2.84. The van der Waals surface area contributed by atoms with Crippen molar-refractivity contribution in [3.05, 3.63) is 42.4 Å². The van der Waals surface area contributed by atoms with Crippen molar-refractivity contribution >= 4 is 5.97 Å². The molecule has 14 heavy (non-hydrogen) atoms. The lowest BCUT2D eigenvalue weighted by Gasteiger charge is -1.95. The van der Waals surface area contributed by atoms with Crippen LogP contribution >= 0.6 is 0 Å². The summed E-state index contributed by atoms with van der Waals surface area (Å²) in [5.74, 6) is -0.383. The van der Waals surface area contributed by atoms with Crippen molar-refractivity contribution in [1.29, 1.82) is 0 Å². The van der Waals surface area contributed by atoms with E-state index in [4.69, 9.17) is 9.52 Å². The molecule has 2 rings (SSSR count). The first-order valence-corrected chi connectivity index (χ1v) is 4.02. The van der Waals surface area contributed by atoms with Gasteiger partial charge in [0.2, 0.25) is 0 Å². The second kappa shape index (κ2) is 3.37. The number of aromatic nitrogens is 2. The van der Waals surface area contributed by atoms with Crippen molar-refractivity contribution in [3.8, 4) is 0 Å². The van der Waals surface area contributed by atoms with Gasteiger partial charge in [0.1, 0.15) is 12.0 Å². The molecular formula is C9H8N2O3. The molecule has 72 valence electrons. The number of carboxylic acids is 1. The van der Waals surface area contributed by atoms with Crippen molar-refractivity contribution in [2.75, 3.05) is 0 Å². The number of imidazole rings is 1. The fourth-order valence-corrected chi connectivity index (χ4v) is 1.14. The van der Waals surface area contributed by atoms with Crippen molar-refractivity contribution in [2.24, 2.45) is 0 Å². The molecule has 0 radical (unpaired) electrons. The summed E-state index contributed by atoms with van der Waals surface area (Å²) in [6, 6.07) is 1.50. The number of carboxylic acid groups (broad SMARTS) is 1. The Labute approximate surface area is 79.6 Å². The molecule has 0 saturated heterocycles. The first-order chi connectivity index (χ1) is 6.75. The molecule has 2 aromatic rings. The topological polar surface area (TPSA) is 68.3 Å². The number of hydrogen-bond donors (Lipinski definition) is 1. The van der Waals surface area contributed by atoms with E-state index in [0.29, 0.717) is 12.3 Å². The van der Waals surface area contributed by atoms with E-state index in [-0.39, 0.29) is 5.56 Å². The minimum Gasteiger partial charge on any atom is -0.478 e. The molecule has 0 bridgehead atoms. The van der Waals surface area contributed by atoms with Crippen LogP contribution in [-0.4, -0.2) is 20.6 Å². The van der Waals surface area contributed by atoms with Crippen LogP contribution in [0.3, 0.4) is 0 Å². The van der Waals surface area contributed by atoms with Crippen molar-refractivity contribution in [1.82, 2.24) is 9.55 Å². The smallest absolute Gasteiger partial charge is 0.338 e. The van der Waals surface area contributed by atoms with Gasteiger partial charge in [0, 0.05) is 12.4 Å². The van der Waals surface area contributed by atoms with E-state index in [2.05, 4.69) is 4.98 Å². The summed E-state index contributed by atoms with van der Waals surface area (Å²) in [6.07, 6.45) is 6.31. The van der Waals surface area contributed by atoms with Gasteiger partial charge in [-0.25, -0.2) is 9.78 Å².